The molecule has 4 aromatic rings. The minimum absolute atomic E-state index is 0.326. The lowest BCUT2D eigenvalue weighted by atomic mass is 10.1. The van der Waals surface area contributed by atoms with Gasteiger partial charge in [-0.05, 0) is 30.3 Å². The number of aromatic nitrogens is 2. The summed E-state index contributed by atoms with van der Waals surface area (Å²) in [7, 11) is -1.57. The number of sulfone groups is 1. The van der Waals surface area contributed by atoms with Gasteiger partial charge < -0.3 is 4.74 Å². The van der Waals surface area contributed by atoms with Gasteiger partial charge in [-0.15, -0.1) is 0 Å². The van der Waals surface area contributed by atoms with Crippen molar-refractivity contribution in [2.45, 2.75) is 4.90 Å². The summed E-state index contributed by atoms with van der Waals surface area (Å²) in [5.41, 5.74) is 2.78. The predicted molar refractivity (Wildman–Crippen MR) is 95.7 cm³/mol. The van der Waals surface area contributed by atoms with Gasteiger partial charge in [0.1, 0.15) is 5.75 Å². The topological polar surface area (TPSA) is 60.7 Å². The Bertz CT molecular complexity index is 1170. The van der Waals surface area contributed by atoms with E-state index < -0.39 is 9.84 Å². The third-order valence-electron chi connectivity index (χ3n) is 3.86. The third kappa shape index (κ3) is 2.46. The van der Waals surface area contributed by atoms with E-state index in [9.17, 15) is 8.42 Å². The second-order valence-electron chi connectivity index (χ2n) is 5.51. The lowest BCUT2D eigenvalue weighted by molar-refractivity contribution is 0.415. The summed E-state index contributed by atoms with van der Waals surface area (Å²) in [6.45, 7) is 0. The minimum Gasteiger partial charge on any atom is -0.497 e. The summed E-state index contributed by atoms with van der Waals surface area (Å²) in [5, 5.41) is 0. The summed E-state index contributed by atoms with van der Waals surface area (Å²) in [6, 6.07) is 12.9. The molecule has 0 N–H and O–H groups in total. The fourth-order valence-corrected chi connectivity index (χ4v) is 4.40. The molecule has 0 spiro atoms. The number of rotatable bonds is 3. The highest BCUT2D eigenvalue weighted by Gasteiger charge is 2.14. The van der Waals surface area contributed by atoms with Crippen molar-refractivity contribution in [2.24, 2.45) is 0 Å². The number of nitrogens with zero attached hydrogens (tertiary/aromatic N) is 2. The smallest absolute Gasteiger partial charge is 0.195 e. The molecule has 0 aliphatic rings. The lowest BCUT2D eigenvalue weighted by Crippen LogP contribution is -1.96. The molecule has 0 atom stereocenters. The van der Waals surface area contributed by atoms with Crippen molar-refractivity contribution in [3.05, 3.63) is 48.7 Å². The van der Waals surface area contributed by atoms with E-state index >= 15 is 0 Å². The van der Waals surface area contributed by atoms with Gasteiger partial charge in [-0.25, -0.2) is 13.4 Å². The van der Waals surface area contributed by atoms with Crippen LogP contribution in [0.5, 0.6) is 5.75 Å². The minimum atomic E-state index is -3.21. The average molecular weight is 358 g/mol. The van der Waals surface area contributed by atoms with Crippen molar-refractivity contribution in [3.63, 3.8) is 0 Å². The SMILES string of the molecule is COc1cccc(-c2cn3c(n2)sc2cc(S(C)(=O)=O)ccc23)c1. The monoisotopic (exact) mass is 358 g/mol. The van der Waals surface area contributed by atoms with E-state index in [1.165, 1.54) is 17.6 Å². The Morgan fingerprint density at radius 1 is 1.17 bits per heavy atom. The van der Waals surface area contributed by atoms with Crippen molar-refractivity contribution in [1.82, 2.24) is 9.38 Å². The van der Waals surface area contributed by atoms with Crippen LogP contribution in [0.15, 0.2) is 53.6 Å². The maximum Gasteiger partial charge on any atom is 0.195 e. The highest BCUT2D eigenvalue weighted by Crippen LogP contribution is 2.31. The Morgan fingerprint density at radius 2 is 2.00 bits per heavy atom. The van der Waals surface area contributed by atoms with Gasteiger partial charge in [0.15, 0.2) is 14.8 Å². The molecular weight excluding hydrogens is 344 g/mol. The molecule has 2 aromatic heterocycles. The fraction of sp³-hybridized carbons (Fsp3) is 0.118. The molecular formula is C17H14N2O3S2. The number of benzene rings is 2. The van der Waals surface area contributed by atoms with Crippen LogP contribution in [0.2, 0.25) is 0 Å². The normalized spacial score (nSPS) is 12.1. The molecule has 2 aromatic carbocycles. The largest absolute Gasteiger partial charge is 0.497 e. The van der Waals surface area contributed by atoms with Crippen LogP contribution in [-0.4, -0.2) is 31.2 Å². The molecule has 4 rings (SSSR count). The van der Waals surface area contributed by atoms with Gasteiger partial charge >= 0.3 is 0 Å². The van der Waals surface area contributed by atoms with Crippen LogP contribution >= 0.6 is 11.3 Å². The Balaban J connectivity index is 1.87. The van der Waals surface area contributed by atoms with E-state index in [4.69, 9.17) is 4.74 Å². The molecule has 0 radical (unpaired) electrons. The van der Waals surface area contributed by atoms with Crippen LogP contribution < -0.4 is 4.74 Å². The summed E-state index contributed by atoms with van der Waals surface area (Å²) in [6.07, 6.45) is 3.18. The first kappa shape index (κ1) is 15.2. The molecule has 0 amide bonds. The number of hydrogen-bond donors (Lipinski definition) is 0. The molecule has 122 valence electrons. The van der Waals surface area contributed by atoms with Crippen molar-refractivity contribution in [3.8, 4) is 17.0 Å². The molecule has 0 aliphatic carbocycles. The molecule has 0 saturated carbocycles. The molecule has 0 fully saturated rings. The summed E-state index contributed by atoms with van der Waals surface area (Å²) >= 11 is 1.47. The van der Waals surface area contributed by atoms with E-state index in [2.05, 4.69) is 4.98 Å². The van der Waals surface area contributed by atoms with Gasteiger partial charge in [0.2, 0.25) is 0 Å². The van der Waals surface area contributed by atoms with Crippen LogP contribution in [0.4, 0.5) is 0 Å². The number of methoxy groups -OCH3 is 1. The van der Waals surface area contributed by atoms with E-state index in [-0.39, 0.29) is 0 Å². The van der Waals surface area contributed by atoms with Gasteiger partial charge in [0.05, 0.1) is 27.9 Å². The second-order valence-corrected chi connectivity index (χ2v) is 8.54. The molecule has 5 nitrogen and oxygen atoms in total. The van der Waals surface area contributed by atoms with E-state index in [0.717, 1.165) is 32.2 Å². The van der Waals surface area contributed by atoms with E-state index in [0.29, 0.717) is 4.90 Å². The first-order chi connectivity index (χ1) is 11.5. The van der Waals surface area contributed by atoms with Gasteiger partial charge in [0.25, 0.3) is 0 Å². The van der Waals surface area contributed by atoms with Gasteiger partial charge in [-0.2, -0.15) is 0 Å². The molecule has 0 unspecified atom stereocenters. The van der Waals surface area contributed by atoms with Crippen molar-refractivity contribution in [2.75, 3.05) is 13.4 Å². The third-order valence-corrected chi connectivity index (χ3v) is 5.99. The standard InChI is InChI=1S/C17H14N2O3S2/c1-22-12-5-3-4-11(8-12)14-10-19-15-7-6-13(24(2,20)21)9-16(15)23-17(19)18-14/h3-10H,1-2H3. The highest BCUT2D eigenvalue weighted by molar-refractivity contribution is 7.90. The lowest BCUT2D eigenvalue weighted by Gasteiger charge is -2.01. The van der Waals surface area contributed by atoms with Crippen LogP contribution in [0.25, 0.3) is 26.4 Å². The van der Waals surface area contributed by atoms with Crippen LogP contribution in [0.3, 0.4) is 0 Å². The van der Waals surface area contributed by atoms with Crippen molar-refractivity contribution < 1.29 is 13.2 Å². The van der Waals surface area contributed by atoms with Gasteiger partial charge in [-0.1, -0.05) is 23.5 Å². The quantitative estimate of drug-likeness (QED) is 0.561. The summed E-state index contributed by atoms with van der Waals surface area (Å²) in [4.78, 5) is 5.82. The molecule has 7 heteroatoms. The number of hydrogen-bond acceptors (Lipinski definition) is 5. The Morgan fingerprint density at radius 3 is 2.75 bits per heavy atom. The van der Waals surface area contributed by atoms with Gasteiger partial charge in [-0.3, -0.25) is 4.40 Å². The molecule has 0 bridgehead atoms. The summed E-state index contributed by atoms with van der Waals surface area (Å²) in [5.74, 6) is 0.784. The zero-order valence-corrected chi connectivity index (χ0v) is 14.7. The number of ether oxygens (including phenoxy) is 1. The van der Waals surface area contributed by atoms with Crippen LogP contribution in [0, 0.1) is 0 Å². The average Bonchev–Trinajstić information content (AvgIpc) is 3.11. The van der Waals surface area contributed by atoms with Crippen LogP contribution in [0.1, 0.15) is 0 Å². The second kappa shape index (κ2) is 5.32. The Hall–Kier alpha value is -2.38. The van der Waals surface area contributed by atoms with Gasteiger partial charge in [0, 0.05) is 18.0 Å². The molecule has 2 heterocycles. The zero-order chi connectivity index (χ0) is 16.9. The maximum atomic E-state index is 11.7. The van der Waals surface area contributed by atoms with Crippen molar-refractivity contribution >= 4 is 36.4 Å². The Labute approximate surface area is 143 Å². The molecule has 0 saturated heterocycles. The van der Waals surface area contributed by atoms with E-state index in [1.807, 2.05) is 40.9 Å². The van der Waals surface area contributed by atoms with Crippen molar-refractivity contribution in [1.29, 1.82) is 0 Å². The molecule has 24 heavy (non-hydrogen) atoms. The molecule has 0 aliphatic heterocycles. The predicted octanol–water partition coefficient (Wildman–Crippen LogP) is 3.63. The number of fused-ring (bicyclic) bond motifs is 3. The Kier molecular flexibility index (Phi) is 3.36. The number of thiazole rings is 1. The van der Waals surface area contributed by atoms with E-state index in [1.54, 1.807) is 19.2 Å². The van der Waals surface area contributed by atoms with Crippen LogP contribution in [-0.2, 0) is 9.84 Å². The highest BCUT2D eigenvalue weighted by atomic mass is 32.2. The fourth-order valence-electron chi connectivity index (χ4n) is 2.63. The first-order valence-corrected chi connectivity index (χ1v) is 9.92. The summed E-state index contributed by atoms with van der Waals surface area (Å²) < 4.78 is 31.5. The first-order valence-electron chi connectivity index (χ1n) is 7.22. The maximum absolute atomic E-state index is 11.7. The zero-order valence-electron chi connectivity index (χ0n) is 13.1. The number of imidazole rings is 1.